The highest BCUT2D eigenvalue weighted by Crippen LogP contribution is 2.42. The van der Waals surface area contributed by atoms with Crippen LogP contribution >= 0.6 is 0 Å². The van der Waals surface area contributed by atoms with E-state index in [0.717, 1.165) is 24.8 Å². The summed E-state index contributed by atoms with van der Waals surface area (Å²) in [6.45, 7) is 2.23. The molecule has 3 atom stereocenters. The average molecular weight is 266 g/mol. The van der Waals surface area contributed by atoms with Crippen LogP contribution in [0.4, 0.5) is 4.39 Å². The van der Waals surface area contributed by atoms with Gasteiger partial charge >= 0.3 is 0 Å². The smallest absolute Gasteiger partial charge is 0.123 e. The third-order valence-corrected chi connectivity index (χ3v) is 4.27. The Balaban J connectivity index is 2.33. The number of ether oxygens (including phenoxy) is 1. The fourth-order valence-electron chi connectivity index (χ4n) is 3.35. The van der Waals surface area contributed by atoms with Gasteiger partial charge in [-0.1, -0.05) is 31.9 Å². The molecule has 2 rings (SSSR count). The summed E-state index contributed by atoms with van der Waals surface area (Å²) in [4.78, 5) is 0. The Kier molecular flexibility index (Phi) is 4.55. The first kappa shape index (κ1) is 14.4. The molecule has 1 aliphatic carbocycles. The largest absolute Gasteiger partial charge is 0.376 e. The summed E-state index contributed by atoms with van der Waals surface area (Å²) in [6, 6.07) is 6.40. The molecule has 1 fully saturated rings. The van der Waals surface area contributed by atoms with Crippen LogP contribution in [-0.4, -0.2) is 12.7 Å². The molecular formula is C15H23FN2O. The van der Waals surface area contributed by atoms with Crippen molar-refractivity contribution in [2.45, 2.75) is 44.2 Å². The van der Waals surface area contributed by atoms with Gasteiger partial charge < -0.3 is 4.74 Å². The third-order valence-electron chi connectivity index (χ3n) is 4.27. The van der Waals surface area contributed by atoms with E-state index < -0.39 is 0 Å². The van der Waals surface area contributed by atoms with Crippen molar-refractivity contribution >= 4 is 0 Å². The number of nitrogens with two attached hydrogens (primary N) is 1. The van der Waals surface area contributed by atoms with Crippen molar-refractivity contribution in [3.8, 4) is 0 Å². The van der Waals surface area contributed by atoms with E-state index in [0.29, 0.717) is 5.92 Å². The molecule has 0 heterocycles. The molecule has 1 aliphatic rings. The predicted octanol–water partition coefficient (Wildman–Crippen LogP) is 2.93. The van der Waals surface area contributed by atoms with Crippen molar-refractivity contribution in [3.05, 3.63) is 35.6 Å². The summed E-state index contributed by atoms with van der Waals surface area (Å²) >= 11 is 0. The molecular weight excluding hydrogens is 243 g/mol. The second-order valence-corrected chi connectivity index (χ2v) is 5.63. The monoisotopic (exact) mass is 266 g/mol. The lowest BCUT2D eigenvalue weighted by Gasteiger charge is -2.44. The highest BCUT2D eigenvalue weighted by Gasteiger charge is 2.42. The number of hydrogen-bond acceptors (Lipinski definition) is 3. The maximum atomic E-state index is 13.4. The van der Waals surface area contributed by atoms with E-state index in [1.54, 1.807) is 13.2 Å². The van der Waals surface area contributed by atoms with Crippen LogP contribution in [-0.2, 0) is 4.74 Å². The van der Waals surface area contributed by atoms with Crippen LogP contribution in [0.2, 0.25) is 0 Å². The Morgan fingerprint density at radius 2 is 2.32 bits per heavy atom. The van der Waals surface area contributed by atoms with Crippen LogP contribution in [0.25, 0.3) is 0 Å². The Bertz CT molecular complexity index is 426. The van der Waals surface area contributed by atoms with E-state index in [-0.39, 0.29) is 17.5 Å². The Labute approximate surface area is 114 Å². The summed E-state index contributed by atoms with van der Waals surface area (Å²) in [6.07, 6.45) is 4.21. The highest BCUT2D eigenvalue weighted by molar-refractivity contribution is 5.23. The number of halogens is 1. The van der Waals surface area contributed by atoms with Crippen LogP contribution < -0.4 is 11.3 Å². The maximum absolute atomic E-state index is 13.4. The van der Waals surface area contributed by atoms with Gasteiger partial charge in [-0.2, -0.15) is 0 Å². The molecule has 3 nitrogen and oxygen atoms in total. The van der Waals surface area contributed by atoms with Gasteiger partial charge in [0.15, 0.2) is 0 Å². The molecule has 0 radical (unpaired) electrons. The van der Waals surface area contributed by atoms with Gasteiger partial charge in [0.05, 0.1) is 11.6 Å². The van der Waals surface area contributed by atoms with Gasteiger partial charge in [0, 0.05) is 7.11 Å². The molecule has 0 aromatic heterocycles. The molecule has 0 amide bonds. The minimum atomic E-state index is -0.347. The zero-order chi connectivity index (χ0) is 13.9. The minimum Gasteiger partial charge on any atom is -0.376 e. The Morgan fingerprint density at radius 3 is 2.89 bits per heavy atom. The third kappa shape index (κ3) is 2.96. The predicted molar refractivity (Wildman–Crippen MR) is 73.8 cm³/mol. The van der Waals surface area contributed by atoms with Crippen LogP contribution in [0.5, 0.6) is 0 Å². The topological polar surface area (TPSA) is 47.3 Å². The molecule has 4 heteroatoms. The lowest BCUT2D eigenvalue weighted by atomic mass is 9.73. The molecule has 19 heavy (non-hydrogen) atoms. The van der Waals surface area contributed by atoms with E-state index in [4.69, 9.17) is 10.6 Å². The van der Waals surface area contributed by atoms with Crippen molar-refractivity contribution in [2.75, 3.05) is 7.11 Å². The quantitative estimate of drug-likeness (QED) is 0.650. The standard InChI is InChI=1S/C15H23FN2O/c1-11-5-4-8-15(10-11,19-2)14(18-17)12-6-3-7-13(16)9-12/h3,6-7,9,11,14,18H,4-5,8,10,17H2,1-2H3. The van der Waals surface area contributed by atoms with Crippen LogP contribution in [0, 0.1) is 11.7 Å². The van der Waals surface area contributed by atoms with Gasteiger partial charge in [0.1, 0.15) is 5.82 Å². The number of hydrazine groups is 1. The minimum absolute atomic E-state index is 0.184. The zero-order valence-electron chi connectivity index (χ0n) is 11.7. The van der Waals surface area contributed by atoms with Gasteiger partial charge in [-0.15, -0.1) is 0 Å². The normalized spacial score (nSPS) is 29.2. The van der Waals surface area contributed by atoms with E-state index in [2.05, 4.69) is 12.3 Å². The summed E-state index contributed by atoms with van der Waals surface area (Å²) in [5.74, 6) is 6.09. The number of hydrogen-bond donors (Lipinski definition) is 2. The zero-order valence-corrected chi connectivity index (χ0v) is 11.7. The second-order valence-electron chi connectivity index (χ2n) is 5.63. The van der Waals surface area contributed by atoms with E-state index >= 15 is 0 Å². The molecule has 1 saturated carbocycles. The molecule has 3 N–H and O–H groups in total. The first-order valence-corrected chi connectivity index (χ1v) is 6.88. The lowest BCUT2D eigenvalue weighted by Crippen LogP contribution is -2.50. The van der Waals surface area contributed by atoms with Crippen LogP contribution in [0.1, 0.15) is 44.2 Å². The molecule has 0 bridgehead atoms. The van der Waals surface area contributed by atoms with Crippen LogP contribution in [0.3, 0.4) is 0 Å². The van der Waals surface area contributed by atoms with Crippen molar-refractivity contribution in [3.63, 3.8) is 0 Å². The number of methoxy groups -OCH3 is 1. The van der Waals surface area contributed by atoms with Crippen molar-refractivity contribution in [1.82, 2.24) is 5.43 Å². The summed E-state index contributed by atoms with van der Waals surface area (Å²) in [5, 5.41) is 0. The molecule has 0 saturated heterocycles. The molecule has 0 aliphatic heterocycles. The molecule has 1 aromatic carbocycles. The van der Waals surface area contributed by atoms with Gasteiger partial charge in [0.2, 0.25) is 0 Å². The van der Waals surface area contributed by atoms with Gasteiger partial charge in [-0.25, -0.2) is 4.39 Å². The van der Waals surface area contributed by atoms with Gasteiger partial charge in [0.25, 0.3) is 0 Å². The molecule has 3 unspecified atom stereocenters. The van der Waals surface area contributed by atoms with E-state index in [1.165, 1.54) is 18.6 Å². The van der Waals surface area contributed by atoms with Gasteiger partial charge in [-0.05, 0) is 36.5 Å². The molecule has 106 valence electrons. The SMILES string of the molecule is COC1(C(NN)c2cccc(F)c2)CCCC(C)C1. The number of benzene rings is 1. The van der Waals surface area contributed by atoms with Crippen molar-refractivity contribution in [1.29, 1.82) is 0 Å². The highest BCUT2D eigenvalue weighted by atomic mass is 19.1. The maximum Gasteiger partial charge on any atom is 0.123 e. The summed E-state index contributed by atoms with van der Waals surface area (Å²) in [7, 11) is 1.72. The number of nitrogens with one attached hydrogen (secondary N) is 1. The first-order valence-electron chi connectivity index (χ1n) is 6.88. The van der Waals surface area contributed by atoms with Gasteiger partial charge in [-0.3, -0.25) is 11.3 Å². The van der Waals surface area contributed by atoms with E-state index in [9.17, 15) is 4.39 Å². The Hall–Kier alpha value is -0.970. The number of rotatable bonds is 4. The Morgan fingerprint density at radius 1 is 1.53 bits per heavy atom. The molecule has 1 aromatic rings. The summed E-state index contributed by atoms with van der Waals surface area (Å²) in [5.41, 5.74) is 3.33. The fraction of sp³-hybridized carbons (Fsp3) is 0.600. The summed E-state index contributed by atoms with van der Waals surface area (Å²) < 4.78 is 19.3. The lowest BCUT2D eigenvalue weighted by molar-refractivity contribution is -0.0806. The van der Waals surface area contributed by atoms with E-state index in [1.807, 2.05) is 6.07 Å². The molecule has 0 spiro atoms. The van der Waals surface area contributed by atoms with Crippen molar-refractivity contribution < 1.29 is 9.13 Å². The van der Waals surface area contributed by atoms with Crippen LogP contribution in [0.15, 0.2) is 24.3 Å². The fourth-order valence-corrected chi connectivity index (χ4v) is 3.35. The van der Waals surface area contributed by atoms with Crippen molar-refractivity contribution in [2.24, 2.45) is 11.8 Å². The first-order chi connectivity index (χ1) is 9.11. The second kappa shape index (κ2) is 5.99. The average Bonchev–Trinajstić information content (AvgIpc) is 2.39.